The van der Waals surface area contributed by atoms with Gasteiger partial charge in [0, 0.05) is 12.0 Å². The van der Waals surface area contributed by atoms with E-state index in [4.69, 9.17) is 25.6 Å². The number of hydrogen-bond acceptors (Lipinski definition) is 11. The monoisotopic (exact) mass is 417 g/mol. The van der Waals surface area contributed by atoms with Gasteiger partial charge < -0.3 is 34.6 Å². The maximum atomic E-state index is 11.9. The normalized spacial score (nSPS) is 29.5. The Morgan fingerprint density at radius 2 is 2.39 bits per heavy atom. The lowest BCUT2D eigenvalue weighted by molar-refractivity contribution is -0.280. The summed E-state index contributed by atoms with van der Waals surface area (Å²) in [5, 5.41) is 14.0. The fourth-order valence-corrected chi connectivity index (χ4v) is 3.15. The summed E-state index contributed by atoms with van der Waals surface area (Å²) in [4.78, 5) is 44.4. The first kappa shape index (κ1) is 20.2. The van der Waals surface area contributed by atoms with Gasteiger partial charge >= 0.3 is 0 Å². The minimum absolute atomic E-state index is 0.0546. The molecule has 1 saturated heterocycles. The topological polar surface area (TPSA) is 247 Å². The zero-order valence-corrected chi connectivity index (χ0v) is 15.0. The lowest BCUT2D eigenvalue weighted by Crippen LogP contribution is -2.48. The van der Waals surface area contributed by atoms with Gasteiger partial charge in [0.25, 0.3) is 13.4 Å². The first-order chi connectivity index (χ1) is 13.1. The highest BCUT2D eigenvalue weighted by molar-refractivity contribution is 7.44. The summed E-state index contributed by atoms with van der Waals surface area (Å²) in [5.41, 5.74) is 13.5. The van der Waals surface area contributed by atoms with Crippen LogP contribution in [0.25, 0.3) is 21.6 Å². The number of imidazole rings is 1. The van der Waals surface area contributed by atoms with Crippen molar-refractivity contribution in [3.8, 4) is 0 Å². The van der Waals surface area contributed by atoms with Crippen molar-refractivity contribution in [1.29, 1.82) is 0 Å². The SMILES string of the molecule is CO[C@]1(COP(=O)([O-])O)O[C@@H](n2cnc3c(=O)[nH]c(N)nc32)[C@@H](N=[N+]=[N-])[C@@H]1O. The molecular weight excluding hydrogens is 403 g/mol. The molecule has 16 nitrogen and oxygen atoms in total. The third-order valence-corrected chi connectivity index (χ3v) is 4.53. The Labute approximate surface area is 154 Å². The number of fused-ring (bicyclic) bond motifs is 1. The van der Waals surface area contributed by atoms with E-state index in [0.29, 0.717) is 0 Å². The molecule has 0 aliphatic carbocycles. The van der Waals surface area contributed by atoms with Gasteiger partial charge in [-0.1, -0.05) is 5.11 Å². The van der Waals surface area contributed by atoms with Crippen LogP contribution in [0.5, 0.6) is 0 Å². The van der Waals surface area contributed by atoms with Crippen molar-refractivity contribution in [3.63, 3.8) is 0 Å². The van der Waals surface area contributed by atoms with Crippen LogP contribution in [0.1, 0.15) is 6.23 Å². The van der Waals surface area contributed by atoms with E-state index in [1.807, 2.05) is 0 Å². The van der Waals surface area contributed by atoms with Crippen LogP contribution in [-0.4, -0.2) is 61.2 Å². The third-order valence-electron chi connectivity index (χ3n) is 4.07. The first-order valence-electron chi connectivity index (χ1n) is 7.48. The number of anilines is 1. The third kappa shape index (κ3) is 3.46. The zero-order valence-electron chi connectivity index (χ0n) is 14.1. The number of aliphatic hydroxyl groups excluding tert-OH is 1. The van der Waals surface area contributed by atoms with Gasteiger partial charge in [-0.2, -0.15) is 4.98 Å². The standard InChI is InChI=1S/C11H15N8O8P/c1-25-11(2-26-28(22,23)24)6(20)4(17-18-13)9(27-11)19-3-14-5-7(19)15-10(12)16-8(5)21/h3-4,6,9,20H,2H2,1H3,(H2,22,23,24)(H3,12,15,16,21)/p-1/t4-,6-,9+,11+/m0/s1. The van der Waals surface area contributed by atoms with Crippen molar-refractivity contribution < 1.29 is 33.5 Å². The van der Waals surface area contributed by atoms with E-state index in [2.05, 4.69) is 29.5 Å². The summed E-state index contributed by atoms with van der Waals surface area (Å²) in [6, 6.07) is -1.38. The Kier molecular flexibility index (Phi) is 5.14. The second-order valence-electron chi connectivity index (χ2n) is 5.68. The van der Waals surface area contributed by atoms with Gasteiger partial charge in [-0.15, -0.1) is 0 Å². The van der Waals surface area contributed by atoms with E-state index in [1.165, 1.54) is 0 Å². The number of nitrogens with two attached hydrogens (primary N) is 1. The molecule has 1 aliphatic heterocycles. The minimum atomic E-state index is -5.19. The predicted molar refractivity (Wildman–Crippen MR) is 87.1 cm³/mol. The van der Waals surface area contributed by atoms with Crippen LogP contribution in [0.2, 0.25) is 0 Å². The van der Waals surface area contributed by atoms with E-state index in [-0.39, 0.29) is 17.1 Å². The quantitative estimate of drug-likeness (QED) is 0.175. The fraction of sp³-hybridized carbons (Fsp3) is 0.545. The number of phosphoric ester groups is 1. The molecule has 3 heterocycles. The number of ether oxygens (including phenoxy) is 2. The molecule has 152 valence electrons. The maximum Gasteiger partial charge on any atom is 0.280 e. The van der Waals surface area contributed by atoms with Crippen molar-refractivity contribution in [3.05, 3.63) is 27.1 Å². The molecule has 0 radical (unpaired) electrons. The first-order valence-corrected chi connectivity index (χ1v) is 8.97. The van der Waals surface area contributed by atoms with Gasteiger partial charge in [-0.25, -0.2) is 4.98 Å². The summed E-state index contributed by atoms with van der Waals surface area (Å²) in [6.07, 6.45) is -1.94. The molecule has 0 spiro atoms. The van der Waals surface area contributed by atoms with Gasteiger partial charge in [0.05, 0.1) is 6.33 Å². The van der Waals surface area contributed by atoms with Gasteiger partial charge in [0.15, 0.2) is 17.4 Å². The lowest BCUT2D eigenvalue weighted by Gasteiger charge is -2.31. The number of aliphatic hydroxyl groups is 1. The molecule has 2 aromatic heterocycles. The van der Waals surface area contributed by atoms with Gasteiger partial charge in [0.1, 0.15) is 18.8 Å². The Hall–Kier alpha value is -2.55. The van der Waals surface area contributed by atoms with E-state index >= 15 is 0 Å². The molecule has 0 bridgehead atoms. The van der Waals surface area contributed by atoms with E-state index in [9.17, 15) is 19.4 Å². The van der Waals surface area contributed by atoms with Gasteiger partial charge in [0.2, 0.25) is 11.7 Å². The molecule has 0 amide bonds. The molecular formula is C11H14N8O8P-. The Bertz CT molecular complexity index is 1040. The molecule has 3 rings (SSSR count). The summed E-state index contributed by atoms with van der Waals surface area (Å²) < 4.78 is 27.0. The van der Waals surface area contributed by atoms with Crippen LogP contribution < -0.4 is 16.2 Å². The number of aromatic nitrogens is 4. The molecule has 5 N–H and O–H groups in total. The van der Waals surface area contributed by atoms with Crippen molar-refractivity contribution in [2.45, 2.75) is 24.2 Å². The van der Waals surface area contributed by atoms with E-state index in [0.717, 1.165) is 18.0 Å². The molecule has 1 aliphatic rings. The fourth-order valence-electron chi connectivity index (χ4n) is 2.81. The van der Waals surface area contributed by atoms with E-state index in [1.54, 1.807) is 0 Å². The molecule has 5 atom stereocenters. The summed E-state index contributed by atoms with van der Waals surface area (Å²) in [6.45, 7) is -0.960. The summed E-state index contributed by atoms with van der Waals surface area (Å²) in [7, 11) is -4.11. The van der Waals surface area contributed by atoms with Gasteiger partial charge in [-0.05, 0) is 5.53 Å². The predicted octanol–water partition coefficient (Wildman–Crippen LogP) is -1.91. The number of azide groups is 1. The highest BCUT2D eigenvalue weighted by atomic mass is 31.2. The van der Waals surface area contributed by atoms with Crippen LogP contribution >= 0.6 is 7.82 Å². The average Bonchev–Trinajstić information content (AvgIpc) is 3.14. The second kappa shape index (κ2) is 7.12. The van der Waals surface area contributed by atoms with Crippen molar-refractivity contribution in [2.75, 3.05) is 19.5 Å². The number of phosphoric acid groups is 1. The summed E-state index contributed by atoms with van der Waals surface area (Å²) in [5.74, 6) is -2.37. The number of nitrogens with zero attached hydrogens (tertiary/aromatic N) is 6. The Morgan fingerprint density at radius 1 is 1.68 bits per heavy atom. The van der Waals surface area contributed by atoms with Crippen LogP contribution in [0.3, 0.4) is 0 Å². The lowest BCUT2D eigenvalue weighted by atomic mass is 10.1. The van der Waals surface area contributed by atoms with Crippen LogP contribution in [0.15, 0.2) is 16.2 Å². The van der Waals surface area contributed by atoms with E-state index < -0.39 is 44.1 Å². The van der Waals surface area contributed by atoms with Crippen molar-refractivity contribution >= 4 is 24.9 Å². The number of methoxy groups -OCH3 is 1. The highest BCUT2D eigenvalue weighted by Crippen LogP contribution is 2.43. The number of H-pyrrole nitrogens is 1. The average molecular weight is 417 g/mol. The maximum absolute atomic E-state index is 11.9. The number of nitrogen functional groups attached to an aromatic ring is 1. The van der Waals surface area contributed by atoms with Crippen molar-refractivity contribution in [1.82, 2.24) is 19.5 Å². The molecule has 0 saturated carbocycles. The molecule has 1 fully saturated rings. The molecule has 1 unspecified atom stereocenters. The number of hydrogen-bond donors (Lipinski definition) is 4. The molecule has 17 heteroatoms. The van der Waals surface area contributed by atoms with Crippen molar-refractivity contribution in [2.24, 2.45) is 5.11 Å². The smallest absolute Gasteiger partial charge is 0.280 e. The second-order valence-corrected chi connectivity index (χ2v) is 6.88. The van der Waals surface area contributed by atoms with Gasteiger partial charge in [-0.3, -0.25) is 18.9 Å². The molecule has 28 heavy (non-hydrogen) atoms. The Balaban J connectivity index is 2.08. The minimum Gasteiger partial charge on any atom is -0.756 e. The molecule has 2 aromatic rings. The number of aromatic amines is 1. The van der Waals surface area contributed by atoms with Crippen LogP contribution in [0, 0.1) is 0 Å². The molecule has 0 aromatic carbocycles. The highest BCUT2D eigenvalue weighted by Gasteiger charge is 2.56. The Morgan fingerprint density at radius 3 is 3.00 bits per heavy atom. The zero-order chi connectivity index (χ0) is 20.7. The largest absolute Gasteiger partial charge is 0.756 e. The number of rotatable bonds is 6. The van der Waals surface area contributed by atoms with Crippen LogP contribution in [-0.2, 0) is 18.6 Å². The van der Waals surface area contributed by atoms with Crippen LogP contribution in [0.4, 0.5) is 5.95 Å². The summed E-state index contributed by atoms with van der Waals surface area (Å²) >= 11 is 0. The number of nitrogens with one attached hydrogen (secondary N) is 1.